The molecule has 6 heteroatoms. The van der Waals surface area contributed by atoms with Crippen molar-refractivity contribution in [3.63, 3.8) is 0 Å². The van der Waals surface area contributed by atoms with Crippen molar-refractivity contribution >= 4 is 11.9 Å². The van der Waals surface area contributed by atoms with Crippen LogP contribution in [0.2, 0.25) is 0 Å². The smallest absolute Gasteiger partial charge is 0.342 e. The van der Waals surface area contributed by atoms with Crippen molar-refractivity contribution in [2.75, 3.05) is 7.11 Å². The number of ether oxygens (including phenoxy) is 2. The van der Waals surface area contributed by atoms with Crippen molar-refractivity contribution in [1.82, 2.24) is 0 Å². The third-order valence-corrected chi connectivity index (χ3v) is 3.90. The maximum atomic E-state index is 11.8. The number of methoxy groups -OCH3 is 1. The van der Waals surface area contributed by atoms with E-state index in [2.05, 4.69) is 0 Å². The van der Waals surface area contributed by atoms with Gasteiger partial charge in [-0.1, -0.05) is 12.2 Å². The monoisotopic (exact) mass is 320 g/mol. The fourth-order valence-electron chi connectivity index (χ4n) is 2.72. The van der Waals surface area contributed by atoms with E-state index in [0.717, 1.165) is 5.56 Å². The lowest BCUT2D eigenvalue weighted by Crippen LogP contribution is -2.02. The molecule has 1 aromatic carbocycles. The van der Waals surface area contributed by atoms with E-state index in [0.29, 0.717) is 36.1 Å². The second-order valence-electron chi connectivity index (χ2n) is 5.38. The summed E-state index contributed by atoms with van der Waals surface area (Å²) < 4.78 is 10.4. The Morgan fingerprint density at radius 2 is 2.13 bits per heavy atom. The normalized spacial score (nSPS) is 13.2. The van der Waals surface area contributed by atoms with Gasteiger partial charge in [-0.2, -0.15) is 0 Å². The summed E-state index contributed by atoms with van der Waals surface area (Å²) >= 11 is 0. The van der Waals surface area contributed by atoms with Gasteiger partial charge in [-0.25, -0.2) is 4.79 Å². The van der Waals surface area contributed by atoms with Gasteiger partial charge >= 0.3 is 11.9 Å². The topological polar surface area (TPSA) is 93.1 Å². The molecule has 23 heavy (non-hydrogen) atoms. The number of carboxylic acid groups (broad SMARTS) is 1. The average molecular weight is 320 g/mol. The van der Waals surface area contributed by atoms with Crippen LogP contribution in [-0.4, -0.2) is 29.3 Å². The predicted octanol–water partition coefficient (Wildman–Crippen LogP) is 2.73. The molecule has 0 aliphatic carbocycles. The maximum absolute atomic E-state index is 11.8. The van der Waals surface area contributed by atoms with Crippen LogP contribution in [0.3, 0.4) is 0 Å². The SMILES string of the molecule is COc1c(C)c2c(c(O)c1C/C=C\CCCC(=O)O)C(=O)OC2. The molecular weight excluding hydrogens is 300 g/mol. The van der Waals surface area contributed by atoms with Crippen LogP contribution in [0.5, 0.6) is 11.5 Å². The number of phenols is 1. The molecule has 0 saturated heterocycles. The number of phenolic OH excluding ortho intramolecular Hbond substituents is 1. The van der Waals surface area contributed by atoms with E-state index in [9.17, 15) is 14.7 Å². The van der Waals surface area contributed by atoms with Crippen LogP contribution in [0.4, 0.5) is 0 Å². The number of fused-ring (bicyclic) bond motifs is 1. The van der Waals surface area contributed by atoms with Crippen molar-refractivity contribution in [3.8, 4) is 11.5 Å². The first-order valence-electron chi connectivity index (χ1n) is 7.42. The second-order valence-corrected chi connectivity index (χ2v) is 5.38. The molecule has 0 aromatic heterocycles. The lowest BCUT2D eigenvalue weighted by atomic mass is 9.95. The molecule has 1 heterocycles. The third kappa shape index (κ3) is 3.47. The number of allylic oxidation sites excluding steroid dienone is 2. The molecule has 0 fully saturated rings. The fourth-order valence-corrected chi connectivity index (χ4v) is 2.72. The summed E-state index contributed by atoms with van der Waals surface area (Å²) in [6, 6.07) is 0. The number of esters is 1. The predicted molar refractivity (Wildman–Crippen MR) is 82.8 cm³/mol. The standard InChI is InChI=1S/C17H20O6/c1-10-12-9-23-17(21)14(12)15(20)11(16(10)22-2)7-5-3-4-6-8-13(18)19/h3,5,20H,4,6-9H2,1-2H3,(H,18,19)/b5-3-. The summed E-state index contributed by atoms with van der Waals surface area (Å²) in [6.45, 7) is 1.98. The van der Waals surface area contributed by atoms with Gasteiger partial charge < -0.3 is 19.7 Å². The summed E-state index contributed by atoms with van der Waals surface area (Å²) in [5.41, 5.74) is 2.22. The van der Waals surface area contributed by atoms with Gasteiger partial charge in [-0.3, -0.25) is 4.79 Å². The number of hydrogen-bond donors (Lipinski definition) is 2. The van der Waals surface area contributed by atoms with Crippen LogP contribution >= 0.6 is 0 Å². The number of rotatable bonds is 7. The number of carboxylic acids is 1. The highest BCUT2D eigenvalue weighted by Gasteiger charge is 2.31. The summed E-state index contributed by atoms with van der Waals surface area (Å²) in [7, 11) is 1.52. The molecule has 0 unspecified atom stereocenters. The van der Waals surface area contributed by atoms with Gasteiger partial charge in [-0.05, 0) is 31.7 Å². The summed E-state index contributed by atoms with van der Waals surface area (Å²) in [5, 5.41) is 19.0. The first kappa shape index (κ1) is 16.9. The zero-order valence-electron chi connectivity index (χ0n) is 13.2. The van der Waals surface area contributed by atoms with Gasteiger partial charge in [0, 0.05) is 17.5 Å². The van der Waals surface area contributed by atoms with Crippen molar-refractivity contribution in [3.05, 3.63) is 34.4 Å². The Morgan fingerprint density at radius 3 is 2.78 bits per heavy atom. The van der Waals surface area contributed by atoms with Gasteiger partial charge in [0.2, 0.25) is 0 Å². The fraction of sp³-hybridized carbons (Fsp3) is 0.412. The number of unbranched alkanes of at least 4 members (excludes halogenated alkanes) is 1. The van der Waals surface area contributed by atoms with Gasteiger partial charge in [0.25, 0.3) is 0 Å². The first-order valence-corrected chi connectivity index (χ1v) is 7.42. The molecule has 1 aliphatic rings. The van der Waals surface area contributed by atoms with Crippen molar-refractivity contribution < 1.29 is 29.3 Å². The molecule has 0 saturated carbocycles. The molecule has 0 spiro atoms. The Hall–Kier alpha value is -2.50. The van der Waals surface area contributed by atoms with Crippen LogP contribution in [0.1, 0.15) is 46.3 Å². The number of carbonyl (C=O) groups is 2. The Morgan fingerprint density at radius 1 is 1.39 bits per heavy atom. The molecule has 2 rings (SSSR count). The molecule has 0 radical (unpaired) electrons. The molecule has 2 N–H and O–H groups in total. The van der Waals surface area contributed by atoms with E-state index in [1.807, 2.05) is 19.1 Å². The molecule has 0 bridgehead atoms. The number of aromatic hydroxyl groups is 1. The molecule has 0 amide bonds. The highest BCUT2D eigenvalue weighted by atomic mass is 16.5. The largest absolute Gasteiger partial charge is 0.507 e. The zero-order chi connectivity index (χ0) is 17.0. The van der Waals surface area contributed by atoms with Gasteiger partial charge in [0.15, 0.2) is 0 Å². The highest BCUT2D eigenvalue weighted by molar-refractivity contribution is 5.98. The van der Waals surface area contributed by atoms with Gasteiger partial charge in [0.1, 0.15) is 23.7 Å². The number of benzene rings is 1. The van der Waals surface area contributed by atoms with Gasteiger partial charge in [-0.15, -0.1) is 0 Å². The Kier molecular flexibility index (Phi) is 5.26. The number of carbonyl (C=O) groups excluding carboxylic acids is 1. The van der Waals surface area contributed by atoms with Crippen LogP contribution < -0.4 is 4.74 Å². The van der Waals surface area contributed by atoms with E-state index in [1.54, 1.807) is 0 Å². The van der Waals surface area contributed by atoms with Crippen molar-refractivity contribution in [1.29, 1.82) is 0 Å². The number of hydrogen-bond acceptors (Lipinski definition) is 5. The van der Waals surface area contributed by atoms with Gasteiger partial charge in [0.05, 0.1) is 7.11 Å². The Bertz CT molecular complexity index is 660. The average Bonchev–Trinajstić information content (AvgIpc) is 2.89. The molecule has 1 aliphatic heterocycles. The van der Waals surface area contributed by atoms with Crippen LogP contribution in [0.15, 0.2) is 12.2 Å². The van der Waals surface area contributed by atoms with Crippen LogP contribution in [-0.2, 0) is 22.6 Å². The third-order valence-electron chi connectivity index (χ3n) is 3.90. The van der Waals surface area contributed by atoms with Crippen molar-refractivity contribution in [2.45, 2.75) is 39.2 Å². The first-order chi connectivity index (χ1) is 11.0. The molecule has 124 valence electrons. The number of aliphatic carboxylic acids is 1. The summed E-state index contributed by atoms with van der Waals surface area (Å²) in [6.07, 6.45) is 5.42. The minimum Gasteiger partial charge on any atom is -0.507 e. The minimum absolute atomic E-state index is 0.0971. The highest BCUT2D eigenvalue weighted by Crippen LogP contribution is 2.41. The van der Waals surface area contributed by atoms with E-state index in [4.69, 9.17) is 14.6 Å². The van der Waals surface area contributed by atoms with E-state index >= 15 is 0 Å². The lowest BCUT2D eigenvalue weighted by Gasteiger charge is -2.15. The number of cyclic esters (lactones) is 1. The summed E-state index contributed by atoms with van der Waals surface area (Å²) in [5.74, 6) is -0.879. The maximum Gasteiger partial charge on any atom is 0.342 e. The van der Waals surface area contributed by atoms with E-state index < -0.39 is 11.9 Å². The zero-order valence-corrected chi connectivity index (χ0v) is 13.2. The minimum atomic E-state index is -0.814. The molecular formula is C17H20O6. The molecule has 0 atom stereocenters. The second kappa shape index (κ2) is 7.17. The Balaban J connectivity index is 2.20. The quantitative estimate of drug-likeness (QED) is 0.456. The summed E-state index contributed by atoms with van der Waals surface area (Å²) in [4.78, 5) is 22.2. The lowest BCUT2D eigenvalue weighted by molar-refractivity contribution is -0.137. The van der Waals surface area contributed by atoms with Crippen molar-refractivity contribution in [2.24, 2.45) is 0 Å². The Labute approximate surface area is 134 Å². The molecule has 6 nitrogen and oxygen atoms in total. The molecule has 1 aromatic rings. The van der Waals surface area contributed by atoms with E-state index in [-0.39, 0.29) is 24.3 Å². The van der Waals surface area contributed by atoms with Crippen LogP contribution in [0, 0.1) is 6.92 Å². The van der Waals surface area contributed by atoms with E-state index in [1.165, 1.54) is 7.11 Å². The van der Waals surface area contributed by atoms with Crippen LogP contribution in [0.25, 0.3) is 0 Å².